The zero-order chi connectivity index (χ0) is 13.3. The molecule has 0 bridgehead atoms. The first-order valence-electron chi connectivity index (χ1n) is 4.82. The molecular formula is C10H7F3N4O. The Bertz CT molecular complexity index is 611. The lowest BCUT2D eigenvalue weighted by atomic mass is 10.1. The van der Waals surface area contributed by atoms with Gasteiger partial charge in [-0.3, -0.25) is 9.89 Å². The van der Waals surface area contributed by atoms with E-state index in [1.54, 1.807) is 0 Å². The predicted molar refractivity (Wildman–Crippen MR) is 54.0 cm³/mol. The molecule has 0 aliphatic heterocycles. The second-order valence-corrected chi connectivity index (χ2v) is 3.51. The largest absolute Gasteiger partial charge is 0.363 e. The molecule has 0 atom stereocenters. The summed E-state index contributed by atoms with van der Waals surface area (Å²) in [6, 6.07) is 1.28. The topological polar surface area (TPSA) is 84.7 Å². The molecule has 1 amide bonds. The molecule has 8 heteroatoms. The van der Waals surface area contributed by atoms with Gasteiger partial charge in [0, 0.05) is 18.1 Å². The first kappa shape index (κ1) is 12.1. The van der Waals surface area contributed by atoms with Crippen molar-refractivity contribution in [3.05, 3.63) is 46.8 Å². The summed E-state index contributed by atoms with van der Waals surface area (Å²) in [5.74, 6) is -4.43. The summed E-state index contributed by atoms with van der Waals surface area (Å²) < 4.78 is 39.2. The number of benzene rings is 1. The fraction of sp³-hybridized carbons (Fsp3) is 0.100. The van der Waals surface area contributed by atoms with Gasteiger partial charge in [0.25, 0.3) is 5.91 Å². The van der Waals surface area contributed by atoms with Gasteiger partial charge in [-0.2, -0.15) is 0 Å². The highest BCUT2D eigenvalue weighted by molar-refractivity contribution is 5.88. The number of nitrogens with zero attached hydrogens (tertiary/aromatic N) is 2. The lowest BCUT2D eigenvalue weighted by Crippen LogP contribution is -2.12. The van der Waals surface area contributed by atoms with E-state index in [9.17, 15) is 18.0 Å². The van der Waals surface area contributed by atoms with Crippen molar-refractivity contribution < 1.29 is 18.0 Å². The van der Waals surface area contributed by atoms with Crippen molar-refractivity contribution in [3.63, 3.8) is 0 Å². The van der Waals surface area contributed by atoms with Gasteiger partial charge in [-0.1, -0.05) is 0 Å². The Morgan fingerprint density at radius 1 is 1.33 bits per heavy atom. The zero-order valence-corrected chi connectivity index (χ0v) is 8.88. The predicted octanol–water partition coefficient (Wildman–Crippen LogP) is 0.912. The van der Waals surface area contributed by atoms with E-state index >= 15 is 0 Å². The number of nitrogens with one attached hydrogen (secondary N) is 1. The molecule has 0 aliphatic rings. The van der Waals surface area contributed by atoms with Crippen LogP contribution in [0.1, 0.15) is 22.0 Å². The Kier molecular flexibility index (Phi) is 3.00. The van der Waals surface area contributed by atoms with E-state index in [2.05, 4.69) is 15.2 Å². The van der Waals surface area contributed by atoms with E-state index in [0.29, 0.717) is 6.07 Å². The van der Waals surface area contributed by atoms with Crippen molar-refractivity contribution in [3.8, 4) is 0 Å². The van der Waals surface area contributed by atoms with Gasteiger partial charge >= 0.3 is 0 Å². The first-order chi connectivity index (χ1) is 8.47. The van der Waals surface area contributed by atoms with Crippen molar-refractivity contribution >= 4 is 5.91 Å². The van der Waals surface area contributed by atoms with Crippen LogP contribution < -0.4 is 5.73 Å². The standard InChI is InChI=1S/C10H7F3N4O/c11-5-1-4(8(13)6(12)3-5)2-7-15-10(9(14)18)17-16-7/h1,3H,2H2,(H2,14,18)(H,15,16,17). The van der Waals surface area contributed by atoms with Crippen LogP contribution in [0.4, 0.5) is 13.2 Å². The highest BCUT2D eigenvalue weighted by Gasteiger charge is 2.14. The van der Waals surface area contributed by atoms with Gasteiger partial charge in [0.1, 0.15) is 11.6 Å². The summed E-state index contributed by atoms with van der Waals surface area (Å²) in [5.41, 5.74) is 4.68. The van der Waals surface area contributed by atoms with Crippen molar-refractivity contribution in [1.82, 2.24) is 15.2 Å². The number of aromatic nitrogens is 3. The third kappa shape index (κ3) is 2.31. The molecule has 2 rings (SSSR count). The molecule has 3 N–H and O–H groups in total. The SMILES string of the molecule is NC(=O)c1n[nH]c(Cc2cc(F)cc(F)c2F)n1. The van der Waals surface area contributed by atoms with Crippen molar-refractivity contribution in [2.45, 2.75) is 6.42 Å². The molecule has 0 saturated heterocycles. The van der Waals surface area contributed by atoms with Gasteiger partial charge in [-0.25, -0.2) is 18.2 Å². The van der Waals surface area contributed by atoms with Crippen LogP contribution in [0.3, 0.4) is 0 Å². The van der Waals surface area contributed by atoms with Gasteiger partial charge in [-0.05, 0) is 6.07 Å². The minimum atomic E-state index is -1.29. The summed E-state index contributed by atoms with van der Waals surface area (Å²) in [6.45, 7) is 0. The van der Waals surface area contributed by atoms with E-state index in [0.717, 1.165) is 6.07 Å². The van der Waals surface area contributed by atoms with Crippen LogP contribution in [0.25, 0.3) is 0 Å². The van der Waals surface area contributed by atoms with Crippen LogP contribution in [-0.2, 0) is 6.42 Å². The fourth-order valence-electron chi connectivity index (χ4n) is 1.40. The number of H-pyrrole nitrogens is 1. The summed E-state index contributed by atoms with van der Waals surface area (Å²) in [5, 5.41) is 5.79. The average molecular weight is 256 g/mol. The maximum Gasteiger partial charge on any atom is 0.288 e. The van der Waals surface area contributed by atoms with E-state index in [-0.39, 0.29) is 23.6 Å². The maximum atomic E-state index is 13.3. The minimum Gasteiger partial charge on any atom is -0.363 e. The Hall–Kier alpha value is -2.38. The van der Waals surface area contributed by atoms with Gasteiger partial charge in [0.2, 0.25) is 5.82 Å². The molecular weight excluding hydrogens is 249 g/mol. The number of amides is 1. The summed E-state index contributed by atoms with van der Waals surface area (Å²) in [7, 11) is 0. The molecule has 0 spiro atoms. The monoisotopic (exact) mass is 256 g/mol. The van der Waals surface area contributed by atoms with Crippen molar-refractivity contribution in [1.29, 1.82) is 0 Å². The molecule has 1 aromatic heterocycles. The van der Waals surface area contributed by atoms with Crippen LogP contribution in [0, 0.1) is 17.5 Å². The second kappa shape index (κ2) is 4.47. The number of primary amides is 1. The number of carbonyl (C=O) groups is 1. The van der Waals surface area contributed by atoms with Crippen LogP contribution in [0.2, 0.25) is 0 Å². The summed E-state index contributed by atoms with van der Waals surface area (Å²) in [6.07, 6.45) is -0.235. The van der Waals surface area contributed by atoms with E-state index in [4.69, 9.17) is 5.73 Å². The number of hydrogen-bond acceptors (Lipinski definition) is 3. The van der Waals surface area contributed by atoms with Crippen molar-refractivity contribution in [2.75, 3.05) is 0 Å². The smallest absolute Gasteiger partial charge is 0.288 e. The Morgan fingerprint density at radius 3 is 2.67 bits per heavy atom. The number of halogens is 3. The molecule has 0 fully saturated rings. The van der Waals surface area contributed by atoms with Gasteiger partial charge < -0.3 is 5.73 Å². The fourth-order valence-corrected chi connectivity index (χ4v) is 1.40. The van der Waals surface area contributed by atoms with Crippen molar-refractivity contribution in [2.24, 2.45) is 5.73 Å². The highest BCUT2D eigenvalue weighted by Crippen LogP contribution is 2.16. The minimum absolute atomic E-state index is 0.0766. The third-order valence-electron chi connectivity index (χ3n) is 2.18. The Balaban J connectivity index is 2.30. The number of hydrogen-bond donors (Lipinski definition) is 2. The molecule has 0 aliphatic carbocycles. The molecule has 1 aromatic carbocycles. The number of carbonyl (C=O) groups excluding carboxylic acids is 1. The van der Waals surface area contributed by atoms with Crippen LogP contribution in [0.15, 0.2) is 12.1 Å². The van der Waals surface area contributed by atoms with Gasteiger partial charge in [0.05, 0.1) is 0 Å². The quantitative estimate of drug-likeness (QED) is 0.800. The first-order valence-corrected chi connectivity index (χ1v) is 4.82. The normalized spacial score (nSPS) is 10.6. The zero-order valence-electron chi connectivity index (χ0n) is 8.88. The molecule has 18 heavy (non-hydrogen) atoms. The molecule has 5 nitrogen and oxygen atoms in total. The maximum absolute atomic E-state index is 13.3. The van der Waals surface area contributed by atoms with Crippen LogP contribution >= 0.6 is 0 Å². The van der Waals surface area contributed by atoms with Gasteiger partial charge in [-0.15, -0.1) is 5.10 Å². The third-order valence-corrected chi connectivity index (χ3v) is 2.18. The Labute approximate surface area is 98.8 Å². The molecule has 1 heterocycles. The molecule has 0 radical (unpaired) electrons. The number of aromatic amines is 1. The van der Waals surface area contributed by atoms with Gasteiger partial charge in [0.15, 0.2) is 11.6 Å². The number of rotatable bonds is 3. The lowest BCUT2D eigenvalue weighted by Gasteiger charge is -2.02. The van der Waals surface area contributed by atoms with Crippen LogP contribution in [0.5, 0.6) is 0 Å². The van der Waals surface area contributed by atoms with Crippen LogP contribution in [-0.4, -0.2) is 21.1 Å². The summed E-state index contributed by atoms with van der Waals surface area (Å²) in [4.78, 5) is 14.4. The molecule has 0 unspecified atom stereocenters. The van der Waals surface area contributed by atoms with E-state index < -0.39 is 23.4 Å². The van der Waals surface area contributed by atoms with E-state index in [1.165, 1.54) is 0 Å². The highest BCUT2D eigenvalue weighted by atomic mass is 19.2. The molecule has 0 saturated carbocycles. The number of nitrogens with two attached hydrogens (primary N) is 1. The molecule has 2 aromatic rings. The summed E-state index contributed by atoms with van der Waals surface area (Å²) >= 11 is 0. The Morgan fingerprint density at radius 2 is 2.06 bits per heavy atom. The van der Waals surface area contributed by atoms with E-state index in [1.807, 2.05) is 0 Å². The second-order valence-electron chi connectivity index (χ2n) is 3.51. The molecule has 94 valence electrons. The average Bonchev–Trinajstić information content (AvgIpc) is 2.74. The lowest BCUT2D eigenvalue weighted by molar-refractivity contribution is 0.0991.